The Bertz CT molecular complexity index is 151. The predicted octanol–water partition coefficient (Wildman–Crippen LogP) is 2.04. The summed E-state index contributed by atoms with van der Waals surface area (Å²) < 4.78 is 4.12. The van der Waals surface area contributed by atoms with Crippen molar-refractivity contribution in [2.75, 3.05) is 0 Å². The molecule has 1 amide bonds. The Hall–Kier alpha value is -0.0300. The maximum Gasteiger partial charge on any atom is 0.409 e. The molecule has 0 saturated carbocycles. The fraction of sp³-hybridized carbons (Fsp3) is 0.857. The van der Waals surface area contributed by atoms with Gasteiger partial charge in [0.05, 0.1) is 0 Å². The standard InChI is InChI=1S/C7H15NO2S2/c1-6(2,3)10-5(9)8-7(4,11)12/h11-12H,1-4H3,(H,8,9). The lowest BCUT2D eigenvalue weighted by atomic mass is 10.2. The number of amides is 1. The first-order valence-corrected chi connectivity index (χ1v) is 4.45. The molecule has 0 aromatic rings. The first-order valence-electron chi connectivity index (χ1n) is 3.56. The van der Waals surface area contributed by atoms with Crippen molar-refractivity contribution in [1.82, 2.24) is 5.32 Å². The molecule has 0 heterocycles. The zero-order valence-electron chi connectivity index (χ0n) is 7.71. The highest BCUT2D eigenvalue weighted by atomic mass is 32.2. The van der Waals surface area contributed by atoms with Crippen LogP contribution in [0.1, 0.15) is 27.7 Å². The van der Waals surface area contributed by atoms with Crippen LogP contribution in [0.25, 0.3) is 0 Å². The predicted molar refractivity (Wildman–Crippen MR) is 55.7 cm³/mol. The van der Waals surface area contributed by atoms with Gasteiger partial charge in [-0.25, -0.2) is 4.79 Å². The van der Waals surface area contributed by atoms with Gasteiger partial charge in [0.25, 0.3) is 0 Å². The Morgan fingerprint density at radius 3 is 1.92 bits per heavy atom. The first kappa shape index (κ1) is 12.0. The molecule has 0 aromatic carbocycles. The van der Waals surface area contributed by atoms with Gasteiger partial charge < -0.3 is 4.74 Å². The minimum atomic E-state index is -0.845. The molecule has 0 radical (unpaired) electrons. The molecule has 1 N–H and O–H groups in total. The van der Waals surface area contributed by atoms with E-state index in [-0.39, 0.29) is 0 Å². The maximum absolute atomic E-state index is 11.0. The molecular weight excluding hydrogens is 194 g/mol. The molecule has 0 aliphatic rings. The average molecular weight is 209 g/mol. The summed E-state index contributed by atoms with van der Waals surface area (Å²) in [6.07, 6.45) is -0.519. The maximum atomic E-state index is 11.0. The van der Waals surface area contributed by atoms with Crippen LogP contribution in [0, 0.1) is 0 Å². The summed E-state index contributed by atoms with van der Waals surface area (Å²) >= 11 is 7.99. The van der Waals surface area contributed by atoms with Gasteiger partial charge in [0.1, 0.15) is 9.80 Å². The smallest absolute Gasteiger partial charge is 0.409 e. The molecule has 0 bridgehead atoms. The van der Waals surface area contributed by atoms with Crippen LogP contribution in [0.4, 0.5) is 4.79 Å². The summed E-state index contributed by atoms with van der Waals surface area (Å²) in [5, 5.41) is 2.44. The summed E-state index contributed by atoms with van der Waals surface area (Å²) in [6, 6.07) is 0. The van der Waals surface area contributed by atoms with Crippen LogP contribution < -0.4 is 5.32 Å². The van der Waals surface area contributed by atoms with Crippen molar-refractivity contribution in [3.8, 4) is 0 Å². The molecular formula is C7H15NO2S2. The summed E-state index contributed by atoms with van der Waals surface area (Å²) in [6.45, 7) is 7.02. The number of carbonyl (C=O) groups is 1. The molecule has 0 fully saturated rings. The van der Waals surface area contributed by atoms with Crippen molar-refractivity contribution in [3.63, 3.8) is 0 Å². The molecule has 0 saturated heterocycles. The Morgan fingerprint density at radius 1 is 1.25 bits per heavy atom. The quantitative estimate of drug-likeness (QED) is 0.457. The van der Waals surface area contributed by atoms with Crippen LogP contribution in [0.5, 0.6) is 0 Å². The molecule has 72 valence electrons. The SMILES string of the molecule is CC(S)(S)NC(=O)OC(C)(C)C. The van der Waals surface area contributed by atoms with Gasteiger partial charge in [-0.3, -0.25) is 5.32 Å². The normalized spacial score (nSPS) is 12.5. The highest BCUT2D eigenvalue weighted by Crippen LogP contribution is 2.15. The van der Waals surface area contributed by atoms with E-state index < -0.39 is 15.9 Å². The monoisotopic (exact) mass is 209 g/mol. The van der Waals surface area contributed by atoms with Crippen LogP contribution in [0.2, 0.25) is 0 Å². The van der Waals surface area contributed by atoms with Crippen molar-refractivity contribution >= 4 is 31.4 Å². The molecule has 0 rings (SSSR count). The zero-order chi connectivity index (χ0) is 9.99. The van der Waals surface area contributed by atoms with Crippen LogP contribution in [-0.4, -0.2) is 15.9 Å². The molecule has 12 heavy (non-hydrogen) atoms. The van der Waals surface area contributed by atoms with Gasteiger partial charge in [0, 0.05) is 0 Å². The summed E-state index contributed by atoms with van der Waals surface area (Å²) in [5.41, 5.74) is -0.489. The highest BCUT2D eigenvalue weighted by Gasteiger charge is 2.21. The number of hydrogen-bond acceptors (Lipinski definition) is 4. The Morgan fingerprint density at radius 2 is 1.67 bits per heavy atom. The third-order valence-corrected chi connectivity index (χ3v) is 0.961. The topological polar surface area (TPSA) is 38.3 Å². The van der Waals surface area contributed by atoms with E-state index in [2.05, 4.69) is 30.6 Å². The van der Waals surface area contributed by atoms with E-state index in [1.165, 1.54) is 0 Å². The fourth-order valence-electron chi connectivity index (χ4n) is 0.497. The Balaban J connectivity index is 3.92. The largest absolute Gasteiger partial charge is 0.444 e. The molecule has 0 aliphatic carbocycles. The van der Waals surface area contributed by atoms with E-state index in [9.17, 15) is 4.79 Å². The van der Waals surface area contributed by atoms with E-state index >= 15 is 0 Å². The summed E-state index contributed by atoms with van der Waals surface area (Å²) in [7, 11) is 0. The number of ether oxygens (including phenoxy) is 1. The van der Waals surface area contributed by atoms with E-state index in [0.29, 0.717) is 0 Å². The summed E-state index contributed by atoms with van der Waals surface area (Å²) in [4.78, 5) is 11.0. The van der Waals surface area contributed by atoms with Crippen molar-refractivity contribution < 1.29 is 9.53 Å². The third-order valence-electron chi connectivity index (χ3n) is 0.738. The van der Waals surface area contributed by atoms with Gasteiger partial charge in [0.2, 0.25) is 0 Å². The second kappa shape index (κ2) is 3.79. The minimum absolute atomic E-state index is 0.489. The molecule has 5 heteroatoms. The van der Waals surface area contributed by atoms with Crippen LogP contribution in [0.3, 0.4) is 0 Å². The van der Waals surface area contributed by atoms with E-state index in [0.717, 1.165) is 0 Å². The first-order chi connectivity index (χ1) is 5.10. The van der Waals surface area contributed by atoms with Gasteiger partial charge in [-0.15, -0.1) is 25.3 Å². The lowest BCUT2D eigenvalue weighted by Gasteiger charge is -2.24. The van der Waals surface area contributed by atoms with Gasteiger partial charge in [-0.05, 0) is 27.7 Å². The van der Waals surface area contributed by atoms with Gasteiger partial charge in [0.15, 0.2) is 0 Å². The number of alkyl carbamates (subject to hydrolysis) is 1. The molecule has 0 aliphatic heterocycles. The number of hydrogen-bond donors (Lipinski definition) is 3. The fourth-order valence-corrected chi connectivity index (χ4v) is 0.680. The average Bonchev–Trinajstić information content (AvgIpc) is 1.49. The van der Waals surface area contributed by atoms with Gasteiger partial charge in [-0.1, -0.05) is 0 Å². The van der Waals surface area contributed by atoms with Crippen LogP contribution in [0.15, 0.2) is 0 Å². The van der Waals surface area contributed by atoms with Crippen molar-refractivity contribution in [2.45, 2.75) is 37.5 Å². The molecule has 0 atom stereocenters. The molecule has 0 unspecified atom stereocenters. The van der Waals surface area contributed by atoms with Gasteiger partial charge in [-0.2, -0.15) is 0 Å². The van der Waals surface area contributed by atoms with Crippen LogP contribution >= 0.6 is 25.3 Å². The zero-order valence-corrected chi connectivity index (χ0v) is 9.50. The van der Waals surface area contributed by atoms with Crippen molar-refractivity contribution in [1.29, 1.82) is 0 Å². The minimum Gasteiger partial charge on any atom is -0.444 e. The lowest BCUT2D eigenvalue weighted by molar-refractivity contribution is 0.0520. The van der Waals surface area contributed by atoms with Gasteiger partial charge >= 0.3 is 6.09 Å². The number of carbonyl (C=O) groups excluding carboxylic acids is 1. The van der Waals surface area contributed by atoms with E-state index in [1.807, 2.05) is 0 Å². The lowest BCUT2D eigenvalue weighted by Crippen LogP contribution is -2.40. The third kappa shape index (κ3) is 8.07. The molecule has 0 spiro atoms. The Labute approximate surface area is 84.1 Å². The van der Waals surface area contributed by atoms with Crippen LogP contribution in [-0.2, 0) is 4.74 Å². The second-order valence-electron chi connectivity index (χ2n) is 3.65. The van der Waals surface area contributed by atoms with E-state index in [4.69, 9.17) is 4.74 Å². The number of nitrogens with one attached hydrogen (secondary N) is 1. The Kier molecular flexibility index (Phi) is 3.78. The molecule has 0 aromatic heterocycles. The number of rotatable bonds is 1. The second-order valence-corrected chi connectivity index (χ2v) is 5.79. The number of thiol groups is 2. The van der Waals surface area contributed by atoms with Crippen molar-refractivity contribution in [3.05, 3.63) is 0 Å². The highest BCUT2D eigenvalue weighted by molar-refractivity contribution is 8.00. The van der Waals surface area contributed by atoms with Crippen molar-refractivity contribution in [2.24, 2.45) is 0 Å². The van der Waals surface area contributed by atoms with E-state index in [1.54, 1.807) is 27.7 Å². The molecule has 3 nitrogen and oxygen atoms in total. The summed E-state index contributed by atoms with van der Waals surface area (Å²) in [5.74, 6) is 0.